The molecule has 0 bridgehead atoms. The summed E-state index contributed by atoms with van der Waals surface area (Å²) in [6.45, 7) is 0. The van der Waals surface area contributed by atoms with Crippen LogP contribution in [-0.4, -0.2) is 0 Å². The maximum absolute atomic E-state index is 6.73. The van der Waals surface area contributed by atoms with Gasteiger partial charge in [-0.1, -0.05) is 224 Å². The van der Waals surface area contributed by atoms with Crippen molar-refractivity contribution in [3.63, 3.8) is 0 Å². The van der Waals surface area contributed by atoms with Crippen molar-refractivity contribution in [1.82, 2.24) is 0 Å². The van der Waals surface area contributed by atoms with Gasteiger partial charge in [0, 0.05) is 42.9 Å². The smallest absolute Gasteiger partial charge is 0.143 e. The molecule has 1 spiro atoms. The van der Waals surface area contributed by atoms with E-state index in [1.165, 1.54) is 93.1 Å². The molecule has 350 valence electrons. The van der Waals surface area contributed by atoms with E-state index < -0.39 is 10.8 Å². The van der Waals surface area contributed by atoms with Crippen molar-refractivity contribution >= 4 is 61.5 Å². The third kappa shape index (κ3) is 5.87. The summed E-state index contributed by atoms with van der Waals surface area (Å²) in [6, 6.07) is 101. The second-order valence-corrected chi connectivity index (χ2v) is 21.3. The van der Waals surface area contributed by atoms with Gasteiger partial charge in [-0.3, -0.25) is 0 Å². The first-order valence-electron chi connectivity index (χ1n) is 25.9. The Morgan fingerprint density at radius 2 is 0.907 bits per heavy atom. The largest absolute Gasteiger partial charge is 0.455 e. The molecule has 0 N–H and O–H groups in total. The highest BCUT2D eigenvalue weighted by Crippen LogP contribution is 2.63. The van der Waals surface area contributed by atoms with Crippen LogP contribution in [0.25, 0.3) is 66.1 Å². The van der Waals surface area contributed by atoms with Gasteiger partial charge in [-0.25, -0.2) is 0 Å². The fraction of sp³-hybridized carbons (Fsp3) is 0.0278. The second-order valence-electron chi connectivity index (χ2n) is 20.2. The van der Waals surface area contributed by atoms with Gasteiger partial charge in [0.2, 0.25) is 0 Å². The van der Waals surface area contributed by atoms with E-state index >= 15 is 0 Å². The highest BCUT2D eigenvalue weighted by atomic mass is 32.2. The summed E-state index contributed by atoms with van der Waals surface area (Å²) in [5, 5.41) is 4.48. The Morgan fingerprint density at radius 3 is 1.64 bits per heavy atom. The first kappa shape index (κ1) is 42.4. The lowest BCUT2D eigenvalue weighted by molar-refractivity contribution is 0.672. The lowest BCUT2D eigenvalue weighted by atomic mass is 9.67. The van der Waals surface area contributed by atoms with Crippen LogP contribution in [0, 0.1) is 0 Å². The lowest BCUT2D eigenvalue weighted by Crippen LogP contribution is -2.31. The number of rotatable bonds is 6. The minimum atomic E-state index is -0.545. The van der Waals surface area contributed by atoms with E-state index in [2.05, 4.69) is 278 Å². The molecule has 2 aliphatic carbocycles. The first-order chi connectivity index (χ1) is 37.2. The number of benzene rings is 12. The van der Waals surface area contributed by atoms with E-state index in [4.69, 9.17) is 4.42 Å². The fourth-order valence-electron chi connectivity index (χ4n) is 13.6. The molecule has 12 aromatic carbocycles. The van der Waals surface area contributed by atoms with Gasteiger partial charge in [0.25, 0.3) is 0 Å². The number of hydrogen-bond acceptors (Lipinski definition) is 3. The van der Waals surface area contributed by atoms with Gasteiger partial charge in [0.15, 0.2) is 0 Å². The molecule has 13 aromatic rings. The van der Waals surface area contributed by atoms with Crippen LogP contribution in [0.5, 0.6) is 0 Å². The summed E-state index contributed by atoms with van der Waals surface area (Å²) in [5.74, 6) is 0. The standard InChI is InChI=1S/C72H45NOS/c1-3-19-49(20-4-1)71(50-21-5-2-6-22-50)60-27-12-10-25-56(60)69-64(71)30-17-31-65(69)73(52-40-43-66-58(45-52)55-41-36-47-18-7-8-23-53(47)70(55)74-66)51-38-34-46(35-39-51)48-37-42-61-57(44-48)54-24-9-11-26-59(54)72(61)62-28-13-15-32-67(62)75-68-33-16-14-29-63(68)72/h1-45H. The Morgan fingerprint density at radius 1 is 0.333 bits per heavy atom. The van der Waals surface area contributed by atoms with Gasteiger partial charge in [-0.05, 0) is 138 Å². The van der Waals surface area contributed by atoms with Crippen LogP contribution >= 0.6 is 11.8 Å². The lowest BCUT2D eigenvalue weighted by Gasteiger charge is -2.39. The summed E-state index contributed by atoms with van der Waals surface area (Å²) in [6.07, 6.45) is 0. The Balaban J connectivity index is 0.895. The molecular formula is C72H45NOS. The monoisotopic (exact) mass is 971 g/mol. The summed E-state index contributed by atoms with van der Waals surface area (Å²) < 4.78 is 6.73. The Bertz CT molecular complexity index is 4370. The minimum absolute atomic E-state index is 0.408. The molecule has 16 rings (SSSR count). The topological polar surface area (TPSA) is 16.4 Å². The van der Waals surface area contributed by atoms with Crippen molar-refractivity contribution in [2.24, 2.45) is 0 Å². The van der Waals surface area contributed by atoms with Crippen molar-refractivity contribution in [2.45, 2.75) is 20.6 Å². The maximum Gasteiger partial charge on any atom is 0.143 e. The molecule has 0 atom stereocenters. The summed E-state index contributed by atoms with van der Waals surface area (Å²) in [4.78, 5) is 5.11. The van der Waals surface area contributed by atoms with Crippen LogP contribution in [0.4, 0.5) is 17.1 Å². The summed E-state index contributed by atoms with van der Waals surface area (Å²) in [5.41, 5.74) is 21.9. The predicted octanol–water partition coefficient (Wildman–Crippen LogP) is 19.1. The molecule has 0 radical (unpaired) electrons. The molecule has 3 heteroatoms. The number of anilines is 3. The molecule has 1 aliphatic heterocycles. The van der Waals surface area contributed by atoms with Crippen LogP contribution in [0.15, 0.2) is 287 Å². The Labute approximate surface area is 439 Å². The molecule has 0 fully saturated rings. The van der Waals surface area contributed by atoms with E-state index in [0.717, 1.165) is 44.4 Å². The van der Waals surface area contributed by atoms with E-state index in [1.807, 2.05) is 11.8 Å². The van der Waals surface area contributed by atoms with Gasteiger partial charge in [-0.15, -0.1) is 0 Å². The Hall–Kier alpha value is -9.15. The highest BCUT2D eigenvalue weighted by Gasteiger charge is 2.50. The van der Waals surface area contributed by atoms with E-state index in [-0.39, 0.29) is 0 Å². The number of fused-ring (bicyclic) bond motifs is 17. The molecule has 0 amide bonds. The van der Waals surface area contributed by atoms with E-state index in [0.29, 0.717) is 0 Å². The van der Waals surface area contributed by atoms with Gasteiger partial charge in [0.1, 0.15) is 11.2 Å². The van der Waals surface area contributed by atoms with E-state index in [1.54, 1.807) is 0 Å². The van der Waals surface area contributed by atoms with Gasteiger partial charge < -0.3 is 9.32 Å². The predicted molar refractivity (Wildman–Crippen MR) is 310 cm³/mol. The number of nitrogens with zero attached hydrogens (tertiary/aromatic N) is 1. The summed E-state index contributed by atoms with van der Waals surface area (Å²) in [7, 11) is 0. The molecule has 0 saturated heterocycles. The van der Waals surface area contributed by atoms with Crippen molar-refractivity contribution < 1.29 is 4.42 Å². The van der Waals surface area contributed by atoms with E-state index in [9.17, 15) is 0 Å². The van der Waals surface area contributed by atoms with Crippen molar-refractivity contribution in [3.8, 4) is 33.4 Å². The SMILES string of the molecule is c1ccc(C2(c3ccccc3)c3ccccc3-c3c(N(c4ccc(-c5ccc6c(c5)-c5ccccc5C65c6ccccc6Sc6ccccc65)cc4)c4ccc5oc6c7ccccc7ccc6c5c4)cccc32)cc1. The molecular weight excluding hydrogens is 927 g/mol. The molecule has 75 heavy (non-hydrogen) atoms. The highest BCUT2D eigenvalue weighted by molar-refractivity contribution is 7.99. The molecule has 3 aliphatic rings. The zero-order chi connectivity index (χ0) is 49.2. The normalized spacial score (nSPS) is 14.0. The van der Waals surface area contributed by atoms with Crippen molar-refractivity contribution in [3.05, 3.63) is 317 Å². The first-order valence-corrected chi connectivity index (χ1v) is 26.7. The van der Waals surface area contributed by atoms with Gasteiger partial charge in [0.05, 0.1) is 16.5 Å². The third-order valence-electron chi connectivity index (χ3n) is 16.6. The van der Waals surface area contributed by atoms with Crippen LogP contribution in [0.1, 0.15) is 44.5 Å². The van der Waals surface area contributed by atoms with Crippen molar-refractivity contribution in [2.75, 3.05) is 4.90 Å². The van der Waals surface area contributed by atoms with Crippen molar-refractivity contribution in [1.29, 1.82) is 0 Å². The third-order valence-corrected chi connectivity index (χ3v) is 17.8. The quantitative estimate of drug-likeness (QED) is 0.165. The molecule has 1 aromatic heterocycles. The average molecular weight is 972 g/mol. The molecule has 2 nitrogen and oxygen atoms in total. The molecule has 0 unspecified atom stereocenters. The Kier molecular flexibility index (Phi) is 9.14. The summed E-state index contributed by atoms with van der Waals surface area (Å²) >= 11 is 1.89. The second kappa shape index (κ2) is 16.2. The van der Waals surface area contributed by atoms with Crippen LogP contribution in [-0.2, 0) is 10.8 Å². The zero-order valence-corrected chi connectivity index (χ0v) is 41.6. The number of furan rings is 1. The average Bonchev–Trinajstić information content (AvgIpc) is 4.17. The fourth-order valence-corrected chi connectivity index (χ4v) is 14.8. The van der Waals surface area contributed by atoms with Gasteiger partial charge >= 0.3 is 0 Å². The maximum atomic E-state index is 6.73. The van der Waals surface area contributed by atoms with Crippen LogP contribution in [0.2, 0.25) is 0 Å². The van der Waals surface area contributed by atoms with Crippen LogP contribution in [0.3, 0.4) is 0 Å². The molecule has 0 saturated carbocycles. The minimum Gasteiger partial charge on any atom is -0.455 e. The van der Waals surface area contributed by atoms with Gasteiger partial charge in [-0.2, -0.15) is 0 Å². The number of hydrogen-bond donors (Lipinski definition) is 0. The zero-order valence-electron chi connectivity index (χ0n) is 40.7. The van der Waals surface area contributed by atoms with Crippen LogP contribution < -0.4 is 4.90 Å². The molecule has 2 heterocycles.